The first kappa shape index (κ1) is 16.4. The highest BCUT2D eigenvalue weighted by Crippen LogP contribution is 2.18. The second-order valence-electron chi connectivity index (χ2n) is 6.23. The Labute approximate surface area is 140 Å². The number of aromatic nitrogens is 2. The zero-order chi connectivity index (χ0) is 17.1. The van der Waals surface area contributed by atoms with Crippen molar-refractivity contribution in [2.45, 2.75) is 26.2 Å². The third kappa shape index (κ3) is 3.55. The van der Waals surface area contributed by atoms with Crippen molar-refractivity contribution in [1.82, 2.24) is 15.0 Å². The van der Waals surface area contributed by atoms with E-state index in [1.54, 1.807) is 17.0 Å². The van der Waals surface area contributed by atoms with E-state index < -0.39 is 5.82 Å². The maximum absolute atomic E-state index is 13.3. The molecule has 0 atom stereocenters. The lowest BCUT2D eigenvalue weighted by Crippen LogP contribution is -2.35. The van der Waals surface area contributed by atoms with Gasteiger partial charge in [-0.2, -0.15) is 4.98 Å². The lowest BCUT2D eigenvalue weighted by atomic mass is 10.2. The fourth-order valence-electron chi connectivity index (χ4n) is 2.71. The highest BCUT2D eigenvalue weighted by atomic mass is 19.1. The average Bonchev–Trinajstić information content (AvgIpc) is 2.93. The van der Waals surface area contributed by atoms with E-state index in [2.05, 4.69) is 10.1 Å². The van der Waals surface area contributed by atoms with Gasteiger partial charge in [0.25, 0.3) is 5.91 Å². The standard InChI is InChI=1S/C17H21FN4O2/c1-12(2)15-19-17(24-20-15)22-8-4-7-21(9-10-22)16(23)13-5-3-6-14(18)11-13/h3,5-6,11-12H,4,7-10H2,1-2H3. The smallest absolute Gasteiger partial charge is 0.324 e. The number of anilines is 1. The number of amides is 1. The normalized spacial score (nSPS) is 15.7. The van der Waals surface area contributed by atoms with E-state index in [-0.39, 0.29) is 11.8 Å². The minimum absolute atomic E-state index is 0.148. The molecule has 128 valence electrons. The van der Waals surface area contributed by atoms with Gasteiger partial charge in [0.1, 0.15) is 5.82 Å². The van der Waals surface area contributed by atoms with Gasteiger partial charge in [-0.05, 0) is 24.6 Å². The molecular weight excluding hydrogens is 311 g/mol. The molecule has 0 unspecified atom stereocenters. The third-order valence-electron chi connectivity index (χ3n) is 4.07. The largest absolute Gasteiger partial charge is 0.337 e. The van der Waals surface area contributed by atoms with Crippen LogP contribution in [0.25, 0.3) is 0 Å². The molecule has 0 radical (unpaired) electrons. The zero-order valence-corrected chi connectivity index (χ0v) is 13.9. The molecule has 0 N–H and O–H groups in total. The van der Waals surface area contributed by atoms with Gasteiger partial charge in [0.2, 0.25) is 0 Å². The van der Waals surface area contributed by atoms with Crippen LogP contribution in [0.4, 0.5) is 10.4 Å². The number of hydrogen-bond donors (Lipinski definition) is 0. The Hall–Kier alpha value is -2.44. The molecule has 1 fully saturated rings. The highest BCUT2D eigenvalue weighted by Gasteiger charge is 2.23. The summed E-state index contributed by atoms with van der Waals surface area (Å²) in [5, 5.41) is 3.98. The summed E-state index contributed by atoms with van der Waals surface area (Å²) >= 11 is 0. The molecule has 1 aliphatic rings. The fourth-order valence-corrected chi connectivity index (χ4v) is 2.71. The summed E-state index contributed by atoms with van der Waals surface area (Å²) in [5.41, 5.74) is 0.378. The van der Waals surface area contributed by atoms with E-state index in [0.717, 1.165) is 13.0 Å². The van der Waals surface area contributed by atoms with Gasteiger partial charge < -0.3 is 14.3 Å². The Kier molecular flexibility index (Phi) is 4.78. The van der Waals surface area contributed by atoms with Crippen LogP contribution in [0.15, 0.2) is 28.8 Å². The molecule has 0 aliphatic carbocycles. The zero-order valence-electron chi connectivity index (χ0n) is 13.9. The van der Waals surface area contributed by atoms with Crippen LogP contribution in [0.2, 0.25) is 0 Å². The number of carbonyl (C=O) groups is 1. The molecular formula is C17H21FN4O2. The van der Waals surface area contributed by atoms with E-state index in [1.807, 2.05) is 18.7 Å². The van der Waals surface area contributed by atoms with Crippen LogP contribution in [0.5, 0.6) is 0 Å². The van der Waals surface area contributed by atoms with Crippen molar-refractivity contribution in [3.63, 3.8) is 0 Å². The summed E-state index contributed by atoms with van der Waals surface area (Å²) < 4.78 is 18.6. The first-order valence-corrected chi connectivity index (χ1v) is 8.18. The second kappa shape index (κ2) is 6.98. The Morgan fingerprint density at radius 3 is 2.79 bits per heavy atom. The van der Waals surface area contributed by atoms with E-state index in [1.165, 1.54) is 12.1 Å². The molecule has 24 heavy (non-hydrogen) atoms. The molecule has 0 saturated carbocycles. The summed E-state index contributed by atoms with van der Waals surface area (Å²) in [4.78, 5) is 20.7. The Balaban J connectivity index is 1.67. The lowest BCUT2D eigenvalue weighted by Gasteiger charge is -2.21. The Bertz CT molecular complexity index is 716. The monoisotopic (exact) mass is 332 g/mol. The van der Waals surface area contributed by atoms with Crippen LogP contribution in [-0.2, 0) is 0 Å². The summed E-state index contributed by atoms with van der Waals surface area (Å²) in [7, 11) is 0. The van der Waals surface area contributed by atoms with E-state index in [4.69, 9.17) is 4.52 Å². The molecule has 3 rings (SSSR count). The lowest BCUT2D eigenvalue weighted by molar-refractivity contribution is 0.0766. The summed E-state index contributed by atoms with van der Waals surface area (Å²) in [5.74, 6) is 0.344. The van der Waals surface area contributed by atoms with Gasteiger partial charge in [0.15, 0.2) is 5.82 Å². The average molecular weight is 332 g/mol. The molecule has 1 aliphatic heterocycles. The number of rotatable bonds is 3. The number of benzene rings is 1. The number of hydrogen-bond acceptors (Lipinski definition) is 5. The molecule has 1 saturated heterocycles. The fraction of sp³-hybridized carbons (Fsp3) is 0.471. The van der Waals surface area contributed by atoms with Gasteiger partial charge in [-0.1, -0.05) is 25.1 Å². The van der Waals surface area contributed by atoms with Crippen molar-refractivity contribution < 1.29 is 13.7 Å². The molecule has 0 spiro atoms. The van der Waals surface area contributed by atoms with Crippen LogP contribution in [0.1, 0.15) is 42.4 Å². The minimum Gasteiger partial charge on any atom is -0.337 e. The maximum atomic E-state index is 13.3. The number of halogens is 1. The first-order valence-electron chi connectivity index (χ1n) is 8.18. The summed E-state index contributed by atoms with van der Waals surface area (Å²) in [6.45, 7) is 6.53. The third-order valence-corrected chi connectivity index (χ3v) is 4.07. The quantitative estimate of drug-likeness (QED) is 0.865. The molecule has 1 aromatic carbocycles. The van der Waals surface area contributed by atoms with Crippen molar-refractivity contribution in [2.24, 2.45) is 0 Å². The van der Waals surface area contributed by atoms with Gasteiger partial charge in [-0.3, -0.25) is 4.79 Å². The summed E-state index contributed by atoms with van der Waals surface area (Å²) in [6, 6.07) is 6.30. The maximum Gasteiger partial charge on any atom is 0.324 e. The Morgan fingerprint density at radius 2 is 2.08 bits per heavy atom. The van der Waals surface area contributed by atoms with E-state index in [9.17, 15) is 9.18 Å². The van der Waals surface area contributed by atoms with Crippen LogP contribution < -0.4 is 4.90 Å². The molecule has 6 nitrogen and oxygen atoms in total. The van der Waals surface area contributed by atoms with Crippen molar-refractivity contribution in [2.75, 3.05) is 31.1 Å². The second-order valence-corrected chi connectivity index (χ2v) is 6.23. The number of nitrogens with zero attached hydrogens (tertiary/aromatic N) is 4. The van der Waals surface area contributed by atoms with Gasteiger partial charge in [0.05, 0.1) is 0 Å². The molecule has 0 bridgehead atoms. The van der Waals surface area contributed by atoms with Crippen molar-refractivity contribution in [3.8, 4) is 0 Å². The van der Waals surface area contributed by atoms with Crippen molar-refractivity contribution in [3.05, 3.63) is 41.5 Å². The minimum atomic E-state index is -0.399. The summed E-state index contributed by atoms with van der Waals surface area (Å²) in [6.07, 6.45) is 0.792. The predicted molar refractivity (Wildman–Crippen MR) is 87.5 cm³/mol. The van der Waals surface area contributed by atoms with Gasteiger partial charge in [0, 0.05) is 37.7 Å². The topological polar surface area (TPSA) is 62.5 Å². The van der Waals surface area contributed by atoms with Gasteiger partial charge in [-0.15, -0.1) is 0 Å². The van der Waals surface area contributed by atoms with E-state index in [0.29, 0.717) is 37.0 Å². The molecule has 2 aromatic rings. The Morgan fingerprint density at radius 1 is 1.25 bits per heavy atom. The van der Waals surface area contributed by atoms with Crippen LogP contribution in [0.3, 0.4) is 0 Å². The van der Waals surface area contributed by atoms with Crippen LogP contribution in [-0.4, -0.2) is 47.1 Å². The van der Waals surface area contributed by atoms with Gasteiger partial charge >= 0.3 is 6.01 Å². The van der Waals surface area contributed by atoms with Crippen molar-refractivity contribution in [1.29, 1.82) is 0 Å². The highest BCUT2D eigenvalue weighted by molar-refractivity contribution is 5.94. The molecule has 2 heterocycles. The predicted octanol–water partition coefficient (Wildman–Crippen LogP) is 2.68. The number of carbonyl (C=O) groups excluding carboxylic acids is 1. The van der Waals surface area contributed by atoms with Crippen LogP contribution >= 0.6 is 0 Å². The molecule has 1 aromatic heterocycles. The van der Waals surface area contributed by atoms with Gasteiger partial charge in [-0.25, -0.2) is 4.39 Å². The van der Waals surface area contributed by atoms with E-state index >= 15 is 0 Å². The van der Waals surface area contributed by atoms with Crippen molar-refractivity contribution >= 4 is 11.9 Å². The molecule has 1 amide bonds. The van der Waals surface area contributed by atoms with Crippen LogP contribution in [0, 0.1) is 5.82 Å². The SMILES string of the molecule is CC(C)c1noc(N2CCCN(C(=O)c3cccc(F)c3)CC2)n1. The molecule has 7 heteroatoms. The first-order chi connectivity index (χ1) is 11.5.